The number of nitrogens with zero attached hydrogens (tertiary/aromatic N) is 4. The Bertz CT molecular complexity index is 1480. The lowest BCUT2D eigenvalue weighted by molar-refractivity contribution is -0.121. The summed E-state index contributed by atoms with van der Waals surface area (Å²) < 4.78 is 3.98. The third-order valence-corrected chi connectivity index (χ3v) is 6.81. The zero-order chi connectivity index (χ0) is 24.7. The second kappa shape index (κ2) is 8.96. The van der Waals surface area contributed by atoms with Gasteiger partial charge in [0.2, 0.25) is 5.91 Å². The summed E-state index contributed by atoms with van der Waals surface area (Å²) in [7, 11) is 4.09. The van der Waals surface area contributed by atoms with Gasteiger partial charge in [-0.25, -0.2) is 4.98 Å². The van der Waals surface area contributed by atoms with Crippen molar-refractivity contribution in [3.63, 3.8) is 0 Å². The number of rotatable bonds is 7. The molecule has 182 valence electrons. The molecule has 1 aliphatic rings. The maximum absolute atomic E-state index is 13.3. The molecule has 5 rings (SSSR count). The SMILES string of the molecule is CN(C)CC(C)(C)CNC(=O)CCn1c2c(c3ccccc31)CCn1c-2nc2ccccc2c1=O. The van der Waals surface area contributed by atoms with E-state index < -0.39 is 0 Å². The molecule has 0 saturated carbocycles. The van der Waals surface area contributed by atoms with Crippen molar-refractivity contribution in [2.75, 3.05) is 27.2 Å². The third kappa shape index (κ3) is 4.36. The molecule has 0 bridgehead atoms. The van der Waals surface area contributed by atoms with Crippen LogP contribution in [0.25, 0.3) is 33.3 Å². The fraction of sp³-hybridized carbons (Fsp3) is 0.393. The lowest BCUT2D eigenvalue weighted by Gasteiger charge is -2.28. The fourth-order valence-electron chi connectivity index (χ4n) is 5.45. The van der Waals surface area contributed by atoms with Crippen LogP contribution in [0.2, 0.25) is 0 Å². The first-order valence-corrected chi connectivity index (χ1v) is 12.3. The lowest BCUT2D eigenvalue weighted by Crippen LogP contribution is -2.40. The van der Waals surface area contributed by atoms with E-state index in [2.05, 4.69) is 40.8 Å². The van der Waals surface area contributed by atoms with E-state index in [1.165, 1.54) is 10.9 Å². The number of carbonyl (C=O) groups is 1. The molecule has 1 N–H and O–H groups in total. The molecule has 0 radical (unpaired) electrons. The van der Waals surface area contributed by atoms with Crippen LogP contribution < -0.4 is 10.9 Å². The lowest BCUT2D eigenvalue weighted by atomic mass is 9.93. The van der Waals surface area contributed by atoms with Gasteiger partial charge in [-0.05, 0) is 49.7 Å². The van der Waals surface area contributed by atoms with Gasteiger partial charge in [0.25, 0.3) is 5.56 Å². The molecular weight excluding hydrogens is 438 g/mol. The zero-order valence-electron chi connectivity index (χ0n) is 21.0. The standard InChI is InChI=1S/C28H33N5O2/c1-28(2,18-31(3)4)17-29-24(34)14-16-32-23-12-8-6-9-19(23)20-13-15-33-26(25(20)32)30-22-11-7-5-10-21(22)27(33)35/h5-12H,13-18H2,1-4H3,(H,29,34). The van der Waals surface area contributed by atoms with Crippen molar-refractivity contribution in [3.05, 3.63) is 64.4 Å². The van der Waals surface area contributed by atoms with Gasteiger partial charge >= 0.3 is 0 Å². The van der Waals surface area contributed by atoms with Gasteiger partial charge in [0, 0.05) is 43.5 Å². The number of para-hydroxylation sites is 2. The molecule has 1 aliphatic heterocycles. The minimum Gasteiger partial charge on any atom is -0.355 e. The van der Waals surface area contributed by atoms with Gasteiger partial charge in [-0.1, -0.05) is 44.2 Å². The van der Waals surface area contributed by atoms with Crippen LogP contribution in [-0.2, 0) is 24.3 Å². The number of benzene rings is 2. The number of aryl methyl sites for hydroxylation is 2. The summed E-state index contributed by atoms with van der Waals surface area (Å²) in [5, 5.41) is 4.93. The molecule has 0 spiro atoms. The number of aromatic nitrogens is 3. The number of hydrogen-bond acceptors (Lipinski definition) is 4. The monoisotopic (exact) mass is 471 g/mol. The summed E-state index contributed by atoms with van der Waals surface area (Å²) in [5.41, 5.74) is 3.93. The van der Waals surface area contributed by atoms with E-state index in [1.807, 2.05) is 50.5 Å². The Morgan fingerprint density at radius 2 is 1.80 bits per heavy atom. The Morgan fingerprint density at radius 3 is 2.57 bits per heavy atom. The van der Waals surface area contributed by atoms with Gasteiger partial charge < -0.3 is 14.8 Å². The van der Waals surface area contributed by atoms with Gasteiger partial charge in [-0.2, -0.15) is 0 Å². The van der Waals surface area contributed by atoms with Crippen molar-refractivity contribution < 1.29 is 4.79 Å². The molecule has 0 atom stereocenters. The van der Waals surface area contributed by atoms with Crippen molar-refractivity contribution in [1.29, 1.82) is 0 Å². The molecule has 2 aromatic heterocycles. The quantitative estimate of drug-likeness (QED) is 0.446. The zero-order valence-corrected chi connectivity index (χ0v) is 21.0. The number of fused-ring (bicyclic) bond motifs is 6. The molecular formula is C28H33N5O2. The fourth-order valence-corrected chi connectivity index (χ4v) is 5.45. The molecule has 35 heavy (non-hydrogen) atoms. The van der Waals surface area contributed by atoms with Crippen LogP contribution in [0.1, 0.15) is 25.8 Å². The summed E-state index contributed by atoms with van der Waals surface area (Å²) in [5.74, 6) is 0.724. The summed E-state index contributed by atoms with van der Waals surface area (Å²) in [6, 6.07) is 15.8. The minimum atomic E-state index is -0.0104. The average Bonchev–Trinajstić information content (AvgIpc) is 3.15. The highest BCUT2D eigenvalue weighted by atomic mass is 16.1. The van der Waals surface area contributed by atoms with Crippen LogP contribution >= 0.6 is 0 Å². The highest BCUT2D eigenvalue weighted by Crippen LogP contribution is 2.36. The molecule has 0 fully saturated rings. The van der Waals surface area contributed by atoms with E-state index in [-0.39, 0.29) is 16.9 Å². The van der Waals surface area contributed by atoms with Gasteiger partial charge in [0.1, 0.15) is 0 Å². The Hall–Kier alpha value is -3.45. The first kappa shape index (κ1) is 23.3. The van der Waals surface area contributed by atoms with Crippen LogP contribution in [0.3, 0.4) is 0 Å². The number of nitrogens with one attached hydrogen (secondary N) is 1. The normalized spacial score (nSPS) is 13.3. The summed E-state index contributed by atoms with van der Waals surface area (Å²) in [6.45, 7) is 6.98. The van der Waals surface area contributed by atoms with E-state index in [9.17, 15) is 9.59 Å². The second-order valence-electron chi connectivity index (χ2n) is 10.6. The molecule has 0 saturated heterocycles. The van der Waals surface area contributed by atoms with Crippen molar-refractivity contribution >= 4 is 27.7 Å². The molecule has 7 heteroatoms. The van der Waals surface area contributed by atoms with Crippen LogP contribution in [0.5, 0.6) is 0 Å². The molecule has 4 aromatic rings. The average molecular weight is 472 g/mol. The van der Waals surface area contributed by atoms with Crippen LogP contribution in [0, 0.1) is 5.41 Å². The van der Waals surface area contributed by atoms with Gasteiger partial charge in [-0.15, -0.1) is 0 Å². The van der Waals surface area contributed by atoms with Crippen molar-refractivity contribution in [1.82, 2.24) is 24.3 Å². The number of carbonyl (C=O) groups excluding carboxylic acids is 1. The van der Waals surface area contributed by atoms with Crippen molar-refractivity contribution in [2.24, 2.45) is 5.41 Å². The van der Waals surface area contributed by atoms with E-state index in [4.69, 9.17) is 4.98 Å². The Kier molecular flexibility index (Phi) is 5.97. The number of amides is 1. The Morgan fingerprint density at radius 1 is 1.09 bits per heavy atom. The van der Waals surface area contributed by atoms with E-state index in [1.54, 1.807) is 4.57 Å². The van der Waals surface area contributed by atoms with Gasteiger partial charge in [0.05, 0.1) is 16.6 Å². The molecule has 0 aliphatic carbocycles. The number of hydrogen-bond donors (Lipinski definition) is 1. The Labute approximate surface area is 205 Å². The smallest absolute Gasteiger partial charge is 0.261 e. The molecule has 2 aromatic carbocycles. The molecule has 0 unspecified atom stereocenters. The molecule has 7 nitrogen and oxygen atoms in total. The van der Waals surface area contributed by atoms with E-state index >= 15 is 0 Å². The first-order chi connectivity index (χ1) is 16.7. The van der Waals surface area contributed by atoms with Gasteiger partial charge in [0.15, 0.2) is 5.82 Å². The van der Waals surface area contributed by atoms with Crippen LogP contribution in [0.15, 0.2) is 53.3 Å². The molecule has 3 heterocycles. The van der Waals surface area contributed by atoms with Crippen LogP contribution in [-0.4, -0.2) is 52.1 Å². The summed E-state index contributed by atoms with van der Waals surface area (Å²) in [6.07, 6.45) is 1.13. The predicted octanol–water partition coefficient (Wildman–Crippen LogP) is 3.67. The second-order valence-corrected chi connectivity index (χ2v) is 10.6. The topological polar surface area (TPSA) is 72.2 Å². The Balaban J connectivity index is 1.50. The molecule has 1 amide bonds. The maximum Gasteiger partial charge on any atom is 0.261 e. The maximum atomic E-state index is 13.3. The highest BCUT2D eigenvalue weighted by molar-refractivity contribution is 5.92. The first-order valence-electron chi connectivity index (χ1n) is 12.3. The van der Waals surface area contributed by atoms with Crippen molar-refractivity contribution in [2.45, 2.75) is 39.8 Å². The van der Waals surface area contributed by atoms with Crippen molar-refractivity contribution in [3.8, 4) is 11.5 Å². The van der Waals surface area contributed by atoms with E-state index in [0.29, 0.717) is 42.8 Å². The third-order valence-electron chi connectivity index (χ3n) is 6.81. The highest BCUT2D eigenvalue weighted by Gasteiger charge is 2.27. The predicted molar refractivity (Wildman–Crippen MR) is 141 cm³/mol. The van der Waals surface area contributed by atoms with Crippen LogP contribution in [0.4, 0.5) is 0 Å². The summed E-state index contributed by atoms with van der Waals surface area (Å²) >= 11 is 0. The van der Waals surface area contributed by atoms with E-state index in [0.717, 1.165) is 24.2 Å². The van der Waals surface area contributed by atoms with Gasteiger partial charge in [-0.3, -0.25) is 14.2 Å². The summed E-state index contributed by atoms with van der Waals surface area (Å²) in [4.78, 5) is 33.2. The minimum absolute atomic E-state index is 0.00563. The largest absolute Gasteiger partial charge is 0.355 e.